The van der Waals surface area contributed by atoms with E-state index in [4.69, 9.17) is 17.3 Å². The van der Waals surface area contributed by atoms with Crippen LogP contribution in [0, 0.1) is 0 Å². The average molecular weight is 216 g/mol. The lowest BCUT2D eigenvalue weighted by molar-refractivity contribution is 0.627. The third-order valence-electron chi connectivity index (χ3n) is 2.33. The van der Waals surface area contributed by atoms with Crippen molar-refractivity contribution in [2.24, 2.45) is 0 Å². The van der Waals surface area contributed by atoms with Crippen molar-refractivity contribution in [1.29, 1.82) is 0 Å². The smallest absolute Gasteiger partial charge is 0.164 e. The summed E-state index contributed by atoms with van der Waals surface area (Å²) in [5, 5.41) is 7.31. The molecule has 80 valence electrons. The number of hydrogen-bond acceptors (Lipinski definition) is 2. The zero-order valence-electron chi connectivity index (χ0n) is 8.65. The van der Waals surface area contributed by atoms with Gasteiger partial charge in [-0.3, -0.25) is 5.10 Å². The molecular formula is C10H18ClN3. The Bertz CT molecular complexity index is 270. The Hall–Kier alpha value is -0.700. The van der Waals surface area contributed by atoms with Gasteiger partial charge < -0.3 is 5.73 Å². The van der Waals surface area contributed by atoms with Gasteiger partial charge in [0, 0.05) is 0 Å². The predicted octanol–water partition coefficient (Wildman–Crippen LogP) is 3.16. The van der Waals surface area contributed by atoms with Gasteiger partial charge in [0.05, 0.1) is 5.69 Å². The molecule has 0 bridgehead atoms. The number of nitrogens with zero attached hydrogens (tertiary/aromatic N) is 1. The van der Waals surface area contributed by atoms with E-state index < -0.39 is 0 Å². The fraction of sp³-hybridized carbons (Fsp3) is 0.700. The Balaban J connectivity index is 2.21. The number of anilines is 1. The number of nitrogens with one attached hydrogen (secondary N) is 1. The molecule has 0 saturated heterocycles. The number of H-pyrrole nitrogens is 1. The van der Waals surface area contributed by atoms with E-state index in [9.17, 15) is 0 Å². The molecule has 0 saturated carbocycles. The zero-order chi connectivity index (χ0) is 10.4. The Labute approximate surface area is 90.0 Å². The second-order valence-electron chi connectivity index (χ2n) is 3.57. The monoisotopic (exact) mass is 215 g/mol. The third-order valence-corrected chi connectivity index (χ3v) is 2.75. The fourth-order valence-corrected chi connectivity index (χ4v) is 1.63. The highest BCUT2D eigenvalue weighted by molar-refractivity contribution is 6.33. The SMILES string of the molecule is CCCCCCCc1[nH]nc(N)c1Cl. The molecule has 0 amide bonds. The Morgan fingerprint density at radius 1 is 1.29 bits per heavy atom. The van der Waals surface area contributed by atoms with Gasteiger partial charge in [-0.15, -0.1) is 0 Å². The summed E-state index contributed by atoms with van der Waals surface area (Å²) in [5.74, 6) is 0.412. The molecule has 0 fully saturated rings. The number of nitrogens with two attached hydrogens (primary N) is 1. The molecule has 0 spiro atoms. The normalized spacial score (nSPS) is 10.7. The van der Waals surface area contributed by atoms with Crippen molar-refractivity contribution in [3.63, 3.8) is 0 Å². The van der Waals surface area contributed by atoms with Crippen LogP contribution in [0.3, 0.4) is 0 Å². The quantitative estimate of drug-likeness (QED) is 0.717. The summed E-state index contributed by atoms with van der Waals surface area (Å²) in [4.78, 5) is 0. The van der Waals surface area contributed by atoms with Crippen LogP contribution in [-0.4, -0.2) is 10.2 Å². The van der Waals surface area contributed by atoms with E-state index >= 15 is 0 Å². The van der Waals surface area contributed by atoms with E-state index in [0.29, 0.717) is 10.8 Å². The van der Waals surface area contributed by atoms with E-state index in [1.165, 1.54) is 25.7 Å². The summed E-state index contributed by atoms with van der Waals surface area (Å²) in [7, 11) is 0. The third kappa shape index (κ3) is 3.22. The molecule has 4 heteroatoms. The van der Waals surface area contributed by atoms with Gasteiger partial charge in [-0.1, -0.05) is 44.2 Å². The molecule has 0 atom stereocenters. The van der Waals surface area contributed by atoms with Crippen molar-refractivity contribution < 1.29 is 0 Å². The second-order valence-corrected chi connectivity index (χ2v) is 3.94. The standard InChI is InChI=1S/C10H18ClN3/c1-2-3-4-5-6-7-8-9(11)10(12)14-13-8/h2-7H2,1H3,(H3,12,13,14). The Kier molecular flexibility index (Phi) is 4.80. The number of aromatic amines is 1. The average Bonchev–Trinajstić information content (AvgIpc) is 2.49. The van der Waals surface area contributed by atoms with Crippen LogP contribution in [0.15, 0.2) is 0 Å². The molecule has 3 N–H and O–H groups in total. The van der Waals surface area contributed by atoms with Gasteiger partial charge in [0.1, 0.15) is 5.02 Å². The highest BCUT2D eigenvalue weighted by Crippen LogP contribution is 2.21. The van der Waals surface area contributed by atoms with Gasteiger partial charge in [-0.05, 0) is 12.8 Å². The van der Waals surface area contributed by atoms with Crippen LogP contribution in [0.2, 0.25) is 5.02 Å². The molecule has 14 heavy (non-hydrogen) atoms. The summed E-state index contributed by atoms with van der Waals surface area (Å²) >= 11 is 5.93. The van der Waals surface area contributed by atoms with Gasteiger partial charge in [-0.25, -0.2) is 0 Å². The van der Waals surface area contributed by atoms with Crippen LogP contribution in [0.5, 0.6) is 0 Å². The van der Waals surface area contributed by atoms with Crippen molar-refractivity contribution in [1.82, 2.24) is 10.2 Å². The number of aryl methyl sites for hydroxylation is 1. The van der Waals surface area contributed by atoms with Crippen molar-refractivity contribution in [2.75, 3.05) is 5.73 Å². The van der Waals surface area contributed by atoms with Crippen molar-refractivity contribution in [3.05, 3.63) is 10.7 Å². The molecule has 3 nitrogen and oxygen atoms in total. The summed E-state index contributed by atoms with van der Waals surface area (Å²) in [5.41, 5.74) is 6.49. The maximum atomic E-state index is 5.93. The molecule has 0 radical (unpaired) electrons. The molecule has 1 aromatic heterocycles. The van der Waals surface area contributed by atoms with Crippen molar-refractivity contribution >= 4 is 17.4 Å². The van der Waals surface area contributed by atoms with Gasteiger partial charge in [-0.2, -0.15) is 5.10 Å². The van der Waals surface area contributed by atoms with E-state index in [2.05, 4.69) is 17.1 Å². The minimum Gasteiger partial charge on any atom is -0.381 e. The molecule has 1 heterocycles. The van der Waals surface area contributed by atoms with Crippen LogP contribution in [0.1, 0.15) is 44.7 Å². The number of rotatable bonds is 6. The number of hydrogen-bond donors (Lipinski definition) is 2. The number of unbranched alkanes of at least 4 members (excludes halogenated alkanes) is 4. The van der Waals surface area contributed by atoms with E-state index in [1.807, 2.05) is 0 Å². The maximum Gasteiger partial charge on any atom is 0.164 e. The first-order chi connectivity index (χ1) is 6.75. The summed E-state index contributed by atoms with van der Waals surface area (Å²) in [6.07, 6.45) is 7.26. The number of aromatic nitrogens is 2. The summed E-state index contributed by atoms with van der Waals surface area (Å²) < 4.78 is 0. The molecule has 1 aromatic rings. The molecule has 0 aliphatic carbocycles. The van der Waals surface area contributed by atoms with E-state index in [-0.39, 0.29) is 0 Å². The fourth-order valence-electron chi connectivity index (χ4n) is 1.45. The first-order valence-corrected chi connectivity index (χ1v) is 5.61. The molecule has 1 rings (SSSR count). The highest BCUT2D eigenvalue weighted by atomic mass is 35.5. The first kappa shape index (κ1) is 11.4. The van der Waals surface area contributed by atoms with Crippen molar-refractivity contribution in [2.45, 2.75) is 45.4 Å². The first-order valence-electron chi connectivity index (χ1n) is 5.24. The zero-order valence-corrected chi connectivity index (χ0v) is 9.40. The largest absolute Gasteiger partial charge is 0.381 e. The van der Waals surface area contributed by atoms with Crippen LogP contribution in [0.4, 0.5) is 5.82 Å². The van der Waals surface area contributed by atoms with Gasteiger partial charge in [0.2, 0.25) is 0 Å². The van der Waals surface area contributed by atoms with Crippen LogP contribution in [0.25, 0.3) is 0 Å². The maximum absolute atomic E-state index is 5.93. The van der Waals surface area contributed by atoms with E-state index in [0.717, 1.165) is 18.5 Å². The van der Waals surface area contributed by atoms with Gasteiger partial charge >= 0.3 is 0 Å². The summed E-state index contributed by atoms with van der Waals surface area (Å²) in [6, 6.07) is 0. The Morgan fingerprint density at radius 3 is 2.57 bits per heavy atom. The minimum atomic E-state index is 0.412. The molecule has 0 aliphatic heterocycles. The lowest BCUT2D eigenvalue weighted by atomic mass is 10.1. The van der Waals surface area contributed by atoms with Crippen LogP contribution in [-0.2, 0) is 6.42 Å². The van der Waals surface area contributed by atoms with Crippen LogP contribution >= 0.6 is 11.6 Å². The molecule has 0 aromatic carbocycles. The second kappa shape index (κ2) is 5.91. The molecular weight excluding hydrogens is 198 g/mol. The number of halogens is 1. The van der Waals surface area contributed by atoms with Gasteiger partial charge in [0.15, 0.2) is 5.82 Å². The summed E-state index contributed by atoms with van der Waals surface area (Å²) in [6.45, 7) is 2.21. The predicted molar refractivity (Wildman–Crippen MR) is 60.5 cm³/mol. The van der Waals surface area contributed by atoms with Crippen LogP contribution < -0.4 is 5.73 Å². The lowest BCUT2D eigenvalue weighted by Crippen LogP contribution is -1.87. The number of nitrogen functional groups attached to an aromatic ring is 1. The van der Waals surface area contributed by atoms with Crippen molar-refractivity contribution in [3.8, 4) is 0 Å². The minimum absolute atomic E-state index is 0.412. The van der Waals surface area contributed by atoms with Gasteiger partial charge in [0.25, 0.3) is 0 Å². The topological polar surface area (TPSA) is 54.7 Å². The highest BCUT2D eigenvalue weighted by Gasteiger charge is 2.06. The van der Waals surface area contributed by atoms with E-state index in [1.54, 1.807) is 0 Å². The lowest BCUT2D eigenvalue weighted by Gasteiger charge is -1.98. The molecule has 0 unspecified atom stereocenters. The molecule has 0 aliphatic rings. The Morgan fingerprint density at radius 2 is 2.00 bits per heavy atom.